The molecule has 3 rings (SSSR count). The molecule has 0 aromatic carbocycles. The first kappa shape index (κ1) is 12.8. The first-order chi connectivity index (χ1) is 9.61. The lowest BCUT2D eigenvalue weighted by molar-refractivity contribution is -0.136. The summed E-state index contributed by atoms with van der Waals surface area (Å²) in [7, 11) is 0. The molecule has 0 fully saturated rings. The van der Waals surface area contributed by atoms with Crippen molar-refractivity contribution in [3.05, 3.63) is 17.6 Å². The highest BCUT2D eigenvalue weighted by atomic mass is 16.2. The third-order valence-corrected chi connectivity index (χ3v) is 3.58. The normalized spacial score (nSPS) is 18.4. The van der Waals surface area contributed by atoms with Crippen LogP contribution in [0.4, 0.5) is 0 Å². The number of aromatic nitrogens is 5. The van der Waals surface area contributed by atoms with Crippen molar-refractivity contribution in [2.75, 3.05) is 6.54 Å². The Hall–Kier alpha value is -2.18. The van der Waals surface area contributed by atoms with Crippen molar-refractivity contribution in [1.29, 1.82) is 0 Å². The average Bonchev–Trinajstić information content (AvgIpc) is 3.02. The Kier molecular flexibility index (Phi) is 3.04. The van der Waals surface area contributed by atoms with Gasteiger partial charge in [0.05, 0.1) is 6.54 Å². The van der Waals surface area contributed by atoms with Gasteiger partial charge in [-0.1, -0.05) is 6.92 Å². The molecule has 2 aromatic rings. The highest BCUT2D eigenvalue weighted by Gasteiger charge is 2.33. The number of carbonyl (C=O) groups excluding carboxylic acids is 1. The molecular weight excluding hydrogens is 256 g/mol. The summed E-state index contributed by atoms with van der Waals surface area (Å²) >= 11 is 0. The van der Waals surface area contributed by atoms with Gasteiger partial charge >= 0.3 is 0 Å². The zero-order valence-corrected chi connectivity index (χ0v) is 11.9. The van der Waals surface area contributed by atoms with E-state index in [4.69, 9.17) is 0 Å². The monoisotopic (exact) mass is 274 g/mol. The number of aryl methyl sites for hydroxylation is 1. The number of amides is 1. The zero-order chi connectivity index (χ0) is 14.3. The van der Waals surface area contributed by atoms with Crippen LogP contribution < -0.4 is 0 Å². The Bertz CT molecular complexity index is 643. The summed E-state index contributed by atoms with van der Waals surface area (Å²) in [6, 6.07) is 1.62. The van der Waals surface area contributed by atoms with Crippen LogP contribution in [0.1, 0.15) is 37.8 Å². The van der Waals surface area contributed by atoms with Crippen LogP contribution in [-0.2, 0) is 11.3 Å². The van der Waals surface area contributed by atoms with Crippen LogP contribution in [0, 0.1) is 6.92 Å². The Morgan fingerprint density at radius 2 is 2.25 bits per heavy atom. The number of rotatable bonds is 3. The molecule has 0 unspecified atom stereocenters. The summed E-state index contributed by atoms with van der Waals surface area (Å²) in [6.45, 7) is 7.16. The standard InChI is InChI=1S/C13H18N6O/c1-4-5-18-7-11-16-17-12(10-6-8(2)14-15-10)19(11)9(3)13(18)20/h6,9H,4-5,7H2,1-3H3,(H,14,15)/t9-/m0/s1. The molecule has 0 saturated heterocycles. The molecule has 1 aliphatic heterocycles. The summed E-state index contributed by atoms with van der Waals surface area (Å²) in [5, 5.41) is 15.5. The number of carbonyl (C=O) groups is 1. The van der Waals surface area contributed by atoms with Gasteiger partial charge in [0.25, 0.3) is 0 Å². The van der Waals surface area contributed by atoms with Gasteiger partial charge in [-0.3, -0.25) is 14.5 Å². The minimum atomic E-state index is -0.285. The lowest BCUT2D eigenvalue weighted by Crippen LogP contribution is -2.42. The van der Waals surface area contributed by atoms with Gasteiger partial charge in [0.1, 0.15) is 11.7 Å². The van der Waals surface area contributed by atoms with Crippen LogP contribution >= 0.6 is 0 Å². The lowest BCUT2D eigenvalue weighted by atomic mass is 10.2. The van der Waals surface area contributed by atoms with Crippen LogP contribution in [0.2, 0.25) is 0 Å². The fraction of sp³-hybridized carbons (Fsp3) is 0.538. The highest BCUT2D eigenvalue weighted by Crippen LogP contribution is 2.27. The van der Waals surface area contributed by atoms with E-state index in [1.54, 1.807) is 0 Å². The Balaban J connectivity index is 2.02. The first-order valence-electron chi connectivity index (χ1n) is 6.86. The number of hydrogen-bond acceptors (Lipinski definition) is 4. The van der Waals surface area contributed by atoms with Gasteiger partial charge in [-0.25, -0.2) is 0 Å². The van der Waals surface area contributed by atoms with Crippen LogP contribution in [0.15, 0.2) is 6.07 Å². The minimum absolute atomic E-state index is 0.118. The number of nitrogens with one attached hydrogen (secondary N) is 1. The molecule has 1 atom stereocenters. The molecule has 20 heavy (non-hydrogen) atoms. The second-order valence-corrected chi connectivity index (χ2v) is 5.18. The number of nitrogens with zero attached hydrogens (tertiary/aromatic N) is 5. The van der Waals surface area contributed by atoms with Gasteiger partial charge < -0.3 is 4.90 Å². The first-order valence-corrected chi connectivity index (χ1v) is 6.86. The molecule has 0 spiro atoms. The van der Waals surface area contributed by atoms with Crippen molar-refractivity contribution in [2.45, 2.75) is 39.8 Å². The summed E-state index contributed by atoms with van der Waals surface area (Å²) in [5.41, 5.74) is 1.68. The van der Waals surface area contributed by atoms with Crippen molar-refractivity contribution < 1.29 is 4.79 Å². The maximum absolute atomic E-state index is 12.4. The van der Waals surface area contributed by atoms with Gasteiger partial charge in [0.15, 0.2) is 11.6 Å². The van der Waals surface area contributed by atoms with E-state index in [1.165, 1.54) is 0 Å². The maximum atomic E-state index is 12.4. The van der Waals surface area contributed by atoms with Gasteiger partial charge in [-0.05, 0) is 26.3 Å². The molecule has 2 aromatic heterocycles. The predicted octanol–water partition coefficient (Wildman–Crippen LogP) is 1.29. The third-order valence-electron chi connectivity index (χ3n) is 3.58. The zero-order valence-electron chi connectivity index (χ0n) is 11.9. The Labute approximate surface area is 117 Å². The molecule has 1 N–H and O–H groups in total. The third kappa shape index (κ3) is 1.90. The van der Waals surface area contributed by atoms with E-state index in [0.717, 1.165) is 30.2 Å². The number of hydrogen-bond donors (Lipinski definition) is 1. The Morgan fingerprint density at radius 1 is 1.45 bits per heavy atom. The van der Waals surface area contributed by atoms with Crippen LogP contribution in [0.25, 0.3) is 11.5 Å². The summed E-state index contributed by atoms with van der Waals surface area (Å²) < 4.78 is 1.89. The summed E-state index contributed by atoms with van der Waals surface area (Å²) in [6.07, 6.45) is 0.942. The topological polar surface area (TPSA) is 79.7 Å². The van der Waals surface area contributed by atoms with E-state index in [2.05, 4.69) is 27.3 Å². The van der Waals surface area contributed by atoms with Gasteiger partial charge in [-0.2, -0.15) is 5.10 Å². The summed E-state index contributed by atoms with van der Waals surface area (Å²) in [5.74, 6) is 1.59. The fourth-order valence-corrected chi connectivity index (χ4v) is 2.63. The smallest absolute Gasteiger partial charge is 0.245 e. The van der Waals surface area contributed by atoms with Crippen molar-refractivity contribution in [3.8, 4) is 11.5 Å². The second kappa shape index (κ2) is 4.73. The molecule has 0 saturated carbocycles. The molecular formula is C13H18N6O. The molecule has 0 aliphatic carbocycles. The molecule has 3 heterocycles. The average molecular weight is 274 g/mol. The van der Waals surface area contributed by atoms with E-state index in [-0.39, 0.29) is 11.9 Å². The SMILES string of the molecule is CCCN1Cc2nnc(-c3cc(C)[nH]n3)n2[C@@H](C)C1=O. The molecule has 1 aliphatic rings. The van der Waals surface area contributed by atoms with E-state index in [0.29, 0.717) is 12.4 Å². The van der Waals surface area contributed by atoms with E-state index < -0.39 is 0 Å². The van der Waals surface area contributed by atoms with Crippen molar-refractivity contribution in [1.82, 2.24) is 29.9 Å². The summed E-state index contributed by atoms with van der Waals surface area (Å²) in [4.78, 5) is 14.2. The molecule has 0 radical (unpaired) electrons. The largest absolute Gasteiger partial charge is 0.333 e. The molecule has 1 amide bonds. The van der Waals surface area contributed by atoms with Crippen molar-refractivity contribution in [3.63, 3.8) is 0 Å². The quantitative estimate of drug-likeness (QED) is 0.914. The fourth-order valence-electron chi connectivity index (χ4n) is 2.63. The van der Waals surface area contributed by atoms with Crippen molar-refractivity contribution in [2.24, 2.45) is 0 Å². The Morgan fingerprint density at radius 3 is 2.90 bits per heavy atom. The predicted molar refractivity (Wildman–Crippen MR) is 72.8 cm³/mol. The molecule has 0 bridgehead atoms. The number of aromatic amines is 1. The van der Waals surface area contributed by atoms with Gasteiger partial charge in [0, 0.05) is 12.2 Å². The molecule has 7 heteroatoms. The highest BCUT2D eigenvalue weighted by molar-refractivity contribution is 5.81. The second-order valence-electron chi connectivity index (χ2n) is 5.18. The van der Waals surface area contributed by atoms with E-state index in [1.807, 2.05) is 29.4 Å². The van der Waals surface area contributed by atoms with Crippen LogP contribution in [-0.4, -0.2) is 42.3 Å². The molecule has 106 valence electrons. The lowest BCUT2D eigenvalue weighted by Gasteiger charge is -2.31. The van der Waals surface area contributed by atoms with Crippen molar-refractivity contribution >= 4 is 5.91 Å². The van der Waals surface area contributed by atoms with E-state index in [9.17, 15) is 4.79 Å². The maximum Gasteiger partial charge on any atom is 0.245 e. The van der Waals surface area contributed by atoms with E-state index >= 15 is 0 Å². The number of H-pyrrole nitrogens is 1. The van der Waals surface area contributed by atoms with Crippen LogP contribution in [0.3, 0.4) is 0 Å². The number of fused-ring (bicyclic) bond motifs is 1. The van der Waals surface area contributed by atoms with Gasteiger partial charge in [-0.15, -0.1) is 10.2 Å². The van der Waals surface area contributed by atoms with Gasteiger partial charge in [0.2, 0.25) is 5.91 Å². The minimum Gasteiger partial charge on any atom is -0.333 e. The molecule has 7 nitrogen and oxygen atoms in total. The van der Waals surface area contributed by atoms with Crippen LogP contribution in [0.5, 0.6) is 0 Å².